The Morgan fingerprint density at radius 2 is 2.29 bits per heavy atom. The average molecular weight is 295 g/mol. The Morgan fingerprint density at radius 1 is 1.48 bits per heavy atom. The summed E-state index contributed by atoms with van der Waals surface area (Å²) >= 11 is 0. The molecule has 1 aromatic rings. The number of anilines is 1. The summed E-state index contributed by atoms with van der Waals surface area (Å²) in [6.07, 6.45) is 3.03. The van der Waals surface area contributed by atoms with E-state index in [0.717, 1.165) is 19.3 Å². The number of halogens is 1. The number of rotatable bonds is 7. The molecule has 6 heteroatoms. The van der Waals surface area contributed by atoms with Crippen LogP contribution in [0.4, 0.5) is 10.1 Å². The Labute approximate surface area is 124 Å². The van der Waals surface area contributed by atoms with Crippen molar-refractivity contribution in [2.75, 3.05) is 25.1 Å². The molecule has 1 saturated carbocycles. The van der Waals surface area contributed by atoms with Crippen molar-refractivity contribution in [3.63, 3.8) is 0 Å². The van der Waals surface area contributed by atoms with Crippen molar-refractivity contribution in [3.05, 3.63) is 24.0 Å². The van der Waals surface area contributed by atoms with Crippen LogP contribution in [0.15, 0.2) is 23.2 Å². The summed E-state index contributed by atoms with van der Waals surface area (Å²) in [5.41, 5.74) is 0.312. The maximum Gasteiger partial charge on any atom is 0.196 e. The molecule has 21 heavy (non-hydrogen) atoms. The highest BCUT2D eigenvalue weighted by atomic mass is 19.1. The van der Waals surface area contributed by atoms with Crippen LogP contribution in [0.5, 0.6) is 5.75 Å². The molecule has 1 aliphatic rings. The van der Waals surface area contributed by atoms with Gasteiger partial charge in [-0.1, -0.05) is 0 Å². The van der Waals surface area contributed by atoms with E-state index in [1.54, 1.807) is 0 Å². The van der Waals surface area contributed by atoms with Gasteiger partial charge in [0.1, 0.15) is 11.6 Å². The van der Waals surface area contributed by atoms with Gasteiger partial charge in [0.15, 0.2) is 5.96 Å². The van der Waals surface area contributed by atoms with E-state index >= 15 is 0 Å². The maximum atomic E-state index is 13.2. The van der Waals surface area contributed by atoms with Gasteiger partial charge in [-0.2, -0.15) is 0 Å². The molecule has 0 bridgehead atoms. The number of benzene rings is 1. The van der Waals surface area contributed by atoms with Crippen molar-refractivity contribution in [2.45, 2.75) is 32.2 Å². The minimum absolute atomic E-state index is 0.00369. The van der Waals surface area contributed by atoms with Crippen molar-refractivity contribution in [1.82, 2.24) is 5.32 Å². The molecule has 1 aromatic carbocycles. The highest BCUT2D eigenvalue weighted by molar-refractivity contribution is 5.95. The zero-order valence-corrected chi connectivity index (χ0v) is 12.2. The van der Waals surface area contributed by atoms with Crippen LogP contribution in [0.2, 0.25) is 0 Å². The third kappa shape index (κ3) is 5.59. The van der Waals surface area contributed by atoms with Gasteiger partial charge in [0.2, 0.25) is 0 Å². The molecule has 0 aliphatic heterocycles. The second kappa shape index (κ2) is 7.83. The normalized spacial score (nSPS) is 15.0. The fraction of sp³-hybridized carbons (Fsp3) is 0.533. The largest absolute Gasteiger partial charge is 0.506 e. The van der Waals surface area contributed by atoms with E-state index in [4.69, 9.17) is 4.74 Å². The van der Waals surface area contributed by atoms with Gasteiger partial charge in [0.25, 0.3) is 0 Å². The van der Waals surface area contributed by atoms with Crippen LogP contribution >= 0.6 is 0 Å². The lowest BCUT2D eigenvalue weighted by atomic mass is 10.3. The van der Waals surface area contributed by atoms with Crippen molar-refractivity contribution in [1.29, 1.82) is 0 Å². The molecule has 0 saturated heterocycles. The number of phenols is 1. The number of aromatic hydroxyl groups is 1. The molecule has 0 heterocycles. The molecular formula is C15H22FN3O2. The van der Waals surface area contributed by atoms with E-state index in [1.165, 1.54) is 18.2 Å². The van der Waals surface area contributed by atoms with Crippen LogP contribution in [0.25, 0.3) is 0 Å². The predicted octanol–water partition coefficient (Wildman–Crippen LogP) is 2.48. The number of aliphatic imine (C=N–C) groups is 1. The number of nitrogens with zero attached hydrogens (tertiary/aromatic N) is 1. The SMILES string of the molecule is CCOCCCN=C(Nc1cc(F)ccc1O)NC1CC1. The molecule has 0 spiro atoms. The zero-order valence-electron chi connectivity index (χ0n) is 12.2. The molecule has 2 rings (SSSR count). The molecule has 0 unspecified atom stereocenters. The van der Waals surface area contributed by atoms with E-state index in [-0.39, 0.29) is 5.75 Å². The number of phenolic OH excluding ortho intramolecular Hbond substituents is 1. The summed E-state index contributed by atoms with van der Waals surface area (Å²) in [4.78, 5) is 4.42. The van der Waals surface area contributed by atoms with Gasteiger partial charge in [-0.05, 0) is 38.3 Å². The fourth-order valence-corrected chi connectivity index (χ4v) is 1.78. The number of hydrogen-bond donors (Lipinski definition) is 3. The summed E-state index contributed by atoms with van der Waals surface area (Å²) in [6, 6.07) is 4.20. The second-order valence-corrected chi connectivity index (χ2v) is 4.99. The molecule has 0 atom stereocenters. The molecule has 116 valence electrons. The Hall–Kier alpha value is -1.82. The second-order valence-electron chi connectivity index (χ2n) is 4.99. The van der Waals surface area contributed by atoms with Crippen molar-refractivity contribution < 1.29 is 14.2 Å². The van der Waals surface area contributed by atoms with E-state index in [1.807, 2.05) is 6.92 Å². The Bertz CT molecular complexity index is 490. The zero-order chi connectivity index (χ0) is 15.1. The van der Waals surface area contributed by atoms with Gasteiger partial charge in [-0.3, -0.25) is 4.99 Å². The first-order valence-corrected chi connectivity index (χ1v) is 7.33. The van der Waals surface area contributed by atoms with Crippen LogP contribution in [-0.2, 0) is 4.74 Å². The monoisotopic (exact) mass is 295 g/mol. The molecule has 5 nitrogen and oxygen atoms in total. The lowest BCUT2D eigenvalue weighted by Crippen LogP contribution is -2.32. The summed E-state index contributed by atoms with van der Waals surface area (Å²) in [5, 5.41) is 15.9. The van der Waals surface area contributed by atoms with Crippen LogP contribution in [-0.4, -0.2) is 36.9 Å². The van der Waals surface area contributed by atoms with Crippen molar-refractivity contribution >= 4 is 11.6 Å². The Balaban J connectivity index is 1.94. The summed E-state index contributed by atoms with van der Waals surface area (Å²) in [6.45, 7) is 3.93. The van der Waals surface area contributed by atoms with Crippen LogP contribution in [0.3, 0.4) is 0 Å². The highest BCUT2D eigenvalue weighted by Gasteiger charge is 2.22. The fourth-order valence-electron chi connectivity index (χ4n) is 1.78. The number of guanidine groups is 1. The van der Waals surface area contributed by atoms with Gasteiger partial charge in [-0.25, -0.2) is 4.39 Å². The van der Waals surface area contributed by atoms with Crippen molar-refractivity contribution in [3.8, 4) is 5.75 Å². The number of nitrogens with one attached hydrogen (secondary N) is 2. The minimum atomic E-state index is -0.405. The molecule has 0 aromatic heterocycles. The maximum absolute atomic E-state index is 13.2. The summed E-state index contributed by atoms with van der Waals surface area (Å²) < 4.78 is 18.5. The molecule has 0 radical (unpaired) electrons. The topological polar surface area (TPSA) is 65.9 Å². The Morgan fingerprint density at radius 3 is 3.00 bits per heavy atom. The summed E-state index contributed by atoms with van der Waals surface area (Å²) in [7, 11) is 0. The summed E-state index contributed by atoms with van der Waals surface area (Å²) in [5.74, 6) is 0.156. The first-order chi connectivity index (χ1) is 10.2. The first kappa shape index (κ1) is 15.6. The molecule has 1 fully saturated rings. The van der Waals surface area contributed by atoms with E-state index in [0.29, 0.717) is 37.4 Å². The molecule has 1 aliphatic carbocycles. The minimum Gasteiger partial charge on any atom is -0.506 e. The molecule has 3 N–H and O–H groups in total. The van der Waals surface area contributed by atoms with Gasteiger partial charge < -0.3 is 20.5 Å². The van der Waals surface area contributed by atoms with Gasteiger partial charge in [0, 0.05) is 31.9 Å². The number of hydrogen-bond acceptors (Lipinski definition) is 3. The van der Waals surface area contributed by atoms with Crippen LogP contribution in [0.1, 0.15) is 26.2 Å². The van der Waals surface area contributed by atoms with Crippen molar-refractivity contribution in [2.24, 2.45) is 4.99 Å². The molecule has 0 amide bonds. The number of ether oxygens (including phenoxy) is 1. The van der Waals surface area contributed by atoms with Crippen LogP contribution in [0, 0.1) is 5.82 Å². The van der Waals surface area contributed by atoms with Gasteiger partial charge in [-0.15, -0.1) is 0 Å². The average Bonchev–Trinajstić information content (AvgIpc) is 3.26. The first-order valence-electron chi connectivity index (χ1n) is 7.33. The lowest BCUT2D eigenvalue weighted by Gasteiger charge is -2.13. The molecular weight excluding hydrogens is 273 g/mol. The highest BCUT2D eigenvalue weighted by Crippen LogP contribution is 2.24. The lowest BCUT2D eigenvalue weighted by molar-refractivity contribution is 0.146. The smallest absolute Gasteiger partial charge is 0.196 e. The van der Waals surface area contributed by atoms with Gasteiger partial charge in [0.05, 0.1) is 5.69 Å². The quantitative estimate of drug-likeness (QED) is 0.313. The third-order valence-corrected chi connectivity index (χ3v) is 3.05. The standard InChI is InChI=1S/C15H22FN3O2/c1-2-21-9-3-8-17-15(18-12-5-6-12)19-13-10-11(16)4-7-14(13)20/h4,7,10,12,20H,2-3,5-6,8-9H2,1H3,(H2,17,18,19). The Kier molecular flexibility index (Phi) is 5.80. The third-order valence-electron chi connectivity index (χ3n) is 3.05. The van der Waals surface area contributed by atoms with E-state index in [9.17, 15) is 9.50 Å². The van der Waals surface area contributed by atoms with Crippen LogP contribution < -0.4 is 10.6 Å². The predicted molar refractivity (Wildman–Crippen MR) is 81.3 cm³/mol. The van der Waals surface area contributed by atoms with Gasteiger partial charge >= 0.3 is 0 Å². The van der Waals surface area contributed by atoms with E-state index < -0.39 is 5.82 Å². The van der Waals surface area contributed by atoms with E-state index in [2.05, 4.69) is 15.6 Å².